The molecule has 206 valence electrons. The third kappa shape index (κ3) is 5.40. The Morgan fingerprint density at radius 2 is 1.95 bits per heavy atom. The lowest BCUT2D eigenvalue weighted by atomic mass is 9.96. The SMILES string of the molecule is C=CCOc1ccc(C2/C(=C(\O)c3nc4c(C)cccn4c3C)C(=O)C(=O)N2CCCN(C)C)cc1OCC. The molecule has 1 N–H and O–H groups in total. The van der Waals surface area contributed by atoms with Gasteiger partial charge in [0.2, 0.25) is 0 Å². The summed E-state index contributed by atoms with van der Waals surface area (Å²) in [6, 6.07) is 8.33. The van der Waals surface area contributed by atoms with Crippen LogP contribution in [0.15, 0.2) is 54.8 Å². The molecule has 0 bridgehead atoms. The van der Waals surface area contributed by atoms with Crippen molar-refractivity contribution < 1.29 is 24.2 Å². The van der Waals surface area contributed by atoms with Crippen molar-refractivity contribution in [3.8, 4) is 11.5 Å². The summed E-state index contributed by atoms with van der Waals surface area (Å²) in [5.41, 5.74) is 3.19. The summed E-state index contributed by atoms with van der Waals surface area (Å²) in [4.78, 5) is 35.1. The molecule has 3 heterocycles. The van der Waals surface area contributed by atoms with Crippen molar-refractivity contribution in [1.29, 1.82) is 0 Å². The number of rotatable bonds is 11. The van der Waals surface area contributed by atoms with Gasteiger partial charge in [0.25, 0.3) is 11.7 Å². The first-order valence-corrected chi connectivity index (χ1v) is 13.1. The lowest BCUT2D eigenvalue weighted by molar-refractivity contribution is -0.139. The van der Waals surface area contributed by atoms with Gasteiger partial charge in [-0.25, -0.2) is 4.98 Å². The standard InChI is InChI=1S/C30H36N4O5/c1-7-17-39-22-13-12-21(18-23(22)38-8-2)26-24(28(36)30(37)34(26)16-10-14-32(5)6)27(35)25-20(4)33-15-9-11-19(3)29(33)31-25/h7,9,11-13,15,18,26,35H,1,8,10,14,16-17H2,2-6H3/b27-24+. The van der Waals surface area contributed by atoms with Crippen LogP contribution in [0.25, 0.3) is 11.4 Å². The molecule has 39 heavy (non-hydrogen) atoms. The van der Waals surface area contributed by atoms with Crippen LogP contribution in [0.1, 0.15) is 41.9 Å². The van der Waals surface area contributed by atoms with Gasteiger partial charge in [0.15, 0.2) is 17.3 Å². The van der Waals surface area contributed by atoms with Gasteiger partial charge >= 0.3 is 0 Å². The molecule has 0 radical (unpaired) electrons. The zero-order valence-electron chi connectivity index (χ0n) is 23.2. The maximum Gasteiger partial charge on any atom is 0.295 e. The average Bonchev–Trinajstić information content (AvgIpc) is 3.38. The van der Waals surface area contributed by atoms with Crippen LogP contribution in [-0.2, 0) is 9.59 Å². The average molecular weight is 533 g/mol. The van der Waals surface area contributed by atoms with Crippen LogP contribution in [0, 0.1) is 13.8 Å². The van der Waals surface area contributed by atoms with E-state index in [0.29, 0.717) is 54.6 Å². The van der Waals surface area contributed by atoms with E-state index in [1.54, 1.807) is 24.3 Å². The van der Waals surface area contributed by atoms with E-state index in [9.17, 15) is 14.7 Å². The molecule has 2 aromatic heterocycles. The Morgan fingerprint density at radius 3 is 2.62 bits per heavy atom. The Bertz CT molecular complexity index is 1440. The molecule has 3 aromatic rings. The molecule has 4 rings (SSSR count). The van der Waals surface area contributed by atoms with E-state index < -0.39 is 17.7 Å². The number of pyridine rings is 1. The van der Waals surface area contributed by atoms with Gasteiger partial charge in [-0.1, -0.05) is 24.8 Å². The van der Waals surface area contributed by atoms with Crippen LogP contribution >= 0.6 is 0 Å². The molecule has 9 heteroatoms. The highest BCUT2D eigenvalue weighted by atomic mass is 16.5. The summed E-state index contributed by atoms with van der Waals surface area (Å²) in [7, 11) is 3.91. The molecule has 1 atom stereocenters. The topological polar surface area (TPSA) is 96.6 Å². The number of nitrogens with zero attached hydrogens (tertiary/aromatic N) is 4. The molecule has 9 nitrogen and oxygen atoms in total. The van der Waals surface area contributed by atoms with Gasteiger partial charge in [-0.3, -0.25) is 9.59 Å². The number of hydrogen-bond donors (Lipinski definition) is 1. The van der Waals surface area contributed by atoms with Crippen molar-refractivity contribution in [3.05, 3.63) is 77.3 Å². The van der Waals surface area contributed by atoms with E-state index >= 15 is 0 Å². The minimum Gasteiger partial charge on any atom is -0.505 e. The van der Waals surface area contributed by atoms with Crippen LogP contribution in [0.2, 0.25) is 0 Å². The second-order valence-electron chi connectivity index (χ2n) is 9.82. The van der Waals surface area contributed by atoms with Crippen LogP contribution in [0.4, 0.5) is 0 Å². The van der Waals surface area contributed by atoms with Gasteiger partial charge in [0, 0.05) is 12.7 Å². The fraction of sp³-hybridized carbons (Fsp3) is 0.367. The first kappa shape index (κ1) is 27.9. The first-order chi connectivity index (χ1) is 18.7. The molecule has 1 aliphatic heterocycles. The van der Waals surface area contributed by atoms with Gasteiger partial charge < -0.3 is 28.8 Å². The first-order valence-electron chi connectivity index (χ1n) is 13.1. The van der Waals surface area contributed by atoms with Gasteiger partial charge in [-0.05, 0) is 77.2 Å². The third-order valence-electron chi connectivity index (χ3n) is 6.79. The number of aromatic nitrogens is 2. The Hall–Kier alpha value is -4.11. The number of amides is 1. The number of imidazole rings is 1. The maximum atomic E-state index is 13.5. The molecule has 0 saturated carbocycles. The third-order valence-corrected chi connectivity index (χ3v) is 6.79. The Kier molecular flexibility index (Phi) is 8.40. The smallest absolute Gasteiger partial charge is 0.295 e. The number of hydrogen-bond acceptors (Lipinski definition) is 7. The minimum atomic E-state index is -0.815. The quantitative estimate of drug-likeness (QED) is 0.170. The number of carbonyl (C=O) groups excluding carboxylic acids is 2. The van der Waals surface area contributed by atoms with Crippen molar-refractivity contribution in [3.63, 3.8) is 0 Å². The van der Waals surface area contributed by atoms with Crippen LogP contribution in [-0.4, -0.2) is 76.4 Å². The highest BCUT2D eigenvalue weighted by molar-refractivity contribution is 6.46. The number of aliphatic hydroxyl groups excluding tert-OH is 1. The van der Waals surface area contributed by atoms with E-state index in [-0.39, 0.29) is 17.0 Å². The van der Waals surface area contributed by atoms with E-state index in [4.69, 9.17) is 9.47 Å². The summed E-state index contributed by atoms with van der Waals surface area (Å²) in [6.45, 7) is 11.1. The molecule has 0 aliphatic carbocycles. The zero-order valence-corrected chi connectivity index (χ0v) is 23.2. The molecule has 1 unspecified atom stereocenters. The molecule has 0 spiro atoms. The van der Waals surface area contributed by atoms with Crippen molar-refractivity contribution in [2.24, 2.45) is 0 Å². The van der Waals surface area contributed by atoms with Gasteiger partial charge in [0.1, 0.15) is 17.9 Å². The van der Waals surface area contributed by atoms with Crippen molar-refractivity contribution in [1.82, 2.24) is 19.2 Å². The highest BCUT2D eigenvalue weighted by Crippen LogP contribution is 2.42. The second-order valence-corrected chi connectivity index (χ2v) is 9.82. The van der Waals surface area contributed by atoms with E-state index in [1.807, 2.05) is 62.5 Å². The number of fused-ring (bicyclic) bond motifs is 1. The minimum absolute atomic E-state index is 0.0104. The Labute approximate surface area is 229 Å². The number of aliphatic hydroxyl groups is 1. The monoisotopic (exact) mass is 532 g/mol. The molecule has 1 saturated heterocycles. The molecule has 1 fully saturated rings. The van der Waals surface area contributed by atoms with E-state index in [2.05, 4.69) is 11.6 Å². The predicted molar refractivity (Wildman–Crippen MR) is 150 cm³/mol. The highest BCUT2D eigenvalue weighted by Gasteiger charge is 2.46. The summed E-state index contributed by atoms with van der Waals surface area (Å²) < 4.78 is 13.5. The fourth-order valence-electron chi connectivity index (χ4n) is 4.92. The molecule has 1 aromatic carbocycles. The lowest BCUT2D eigenvalue weighted by Crippen LogP contribution is -2.32. The van der Waals surface area contributed by atoms with E-state index in [1.165, 1.54) is 4.90 Å². The summed E-state index contributed by atoms with van der Waals surface area (Å²) in [5, 5.41) is 11.6. The number of likely N-dealkylation sites (tertiary alicyclic amines) is 1. The van der Waals surface area contributed by atoms with Crippen molar-refractivity contribution in [2.75, 3.05) is 40.4 Å². The number of Topliss-reactive ketones (excluding diaryl/α,β-unsaturated/α-hetero) is 1. The van der Waals surface area contributed by atoms with Gasteiger partial charge in [-0.2, -0.15) is 0 Å². The number of ether oxygens (including phenoxy) is 2. The molecular formula is C30H36N4O5. The summed E-state index contributed by atoms with van der Waals surface area (Å²) in [5.74, 6) is -0.672. The van der Waals surface area contributed by atoms with Crippen LogP contribution in [0.3, 0.4) is 0 Å². The van der Waals surface area contributed by atoms with E-state index in [0.717, 1.165) is 12.1 Å². The number of benzene rings is 1. The molecule has 1 amide bonds. The molecule has 1 aliphatic rings. The molecular weight excluding hydrogens is 496 g/mol. The fourth-order valence-corrected chi connectivity index (χ4v) is 4.92. The predicted octanol–water partition coefficient (Wildman–Crippen LogP) is 4.29. The van der Waals surface area contributed by atoms with Gasteiger partial charge in [-0.15, -0.1) is 0 Å². The Balaban J connectivity index is 1.89. The number of ketones is 1. The largest absolute Gasteiger partial charge is 0.505 e. The Morgan fingerprint density at radius 1 is 1.18 bits per heavy atom. The van der Waals surface area contributed by atoms with Crippen molar-refractivity contribution in [2.45, 2.75) is 33.2 Å². The number of aryl methyl sites for hydroxylation is 2. The van der Waals surface area contributed by atoms with Crippen LogP contribution < -0.4 is 9.47 Å². The number of carbonyl (C=O) groups is 2. The summed E-state index contributed by atoms with van der Waals surface area (Å²) in [6.07, 6.45) is 4.15. The zero-order chi connectivity index (χ0) is 28.3. The van der Waals surface area contributed by atoms with Gasteiger partial charge in [0.05, 0.1) is 23.9 Å². The summed E-state index contributed by atoms with van der Waals surface area (Å²) >= 11 is 0. The lowest BCUT2D eigenvalue weighted by Gasteiger charge is -2.26. The normalized spacial score (nSPS) is 16.9. The van der Waals surface area contributed by atoms with Crippen LogP contribution in [0.5, 0.6) is 11.5 Å². The maximum absolute atomic E-state index is 13.5. The second kappa shape index (κ2) is 11.7. The van der Waals surface area contributed by atoms with Crippen molar-refractivity contribution >= 4 is 23.1 Å².